The minimum Gasteiger partial charge on any atom is -0.492 e. The third-order valence-corrected chi connectivity index (χ3v) is 4.41. The van der Waals surface area contributed by atoms with Gasteiger partial charge in [-0.25, -0.2) is 0 Å². The lowest BCUT2D eigenvalue weighted by atomic mass is 10.2. The molecule has 2 aromatic rings. The molecule has 0 heterocycles. The molecule has 0 bridgehead atoms. The van der Waals surface area contributed by atoms with Crippen LogP contribution in [0.2, 0.25) is 0 Å². The molecule has 0 saturated heterocycles. The molecule has 0 aromatic heterocycles. The van der Waals surface area contributed by atoms with Crippen molar-refractivity contribution < 1.29 is 19.1 Å². The maximum Gasteiger partial charge on any atom is 0.316 e. The standard InChI is InChI=1S/C20H23NO4S/c1-3-24-18-7-5-4-6-17(18)21-19(22)12-25-20(23)14-26-13-16-10-8-15(2)9-11-16/h4-11H,3,12-14H2,1-2H3,(H,21,22). The Morgan fingerprint density at radius 2 is 1.81 bits per heavy atom. The summed E-state index contributed by atoms with van der Waals surface area (Å²) < 4.78 is 10.5. The predicted molar refractivity (Wildman–Crippen MR) is 105 cm³/mol. The first-order valence-corrected chi connectivity index (χ1v) is 9.54. The molecule has 1 amide bonds. The van der Waals surface area contributed by atoms with Gasteiger partial charge in [-0.3, -0.25) is 9.59 Å². The Morgan fingerprint density at radius 1 is 1.08 bits per heavy atom. The Hall–Kier alpha value is -2.47. The van der Waals surface area contributed by atoms with E-state index in [0.29, 0.717) is 18.0 Å². The molecule has 5 nitrogen and oxygen atoms in total. The van der Waals surface area contributed by atoms with Crippen LogP contribution in [-0.2, 0) is 20.1 Å². The van der Waals surface area contributed by atoms with Crippen molar-refractivity contribution in [2.45, 2.75) is 19.6 Å². The number of thioether (sulfide) groups is 1. The SMILES string of the molecule is CCOc1ccccc1NC(=O)COC(=O)CSCc1ccc(C)cc1. The molecule has 1 N–H and O–H groups in total. The third kappa shape index (κ3) is 6.80. The van der Waals surface area contributed by atoms with Gasteiger partial charge in [0, 0.05) is 5.75 Å². The summed E-state index contributed by atoms with van der Waals surface area (Å²) in [5.41, 5.74) is 2.91. The number of carbonyl (C=O) groups excluding carboxylic acids is 2. The number of anilines is 1. The van der Waals surface area contributed by atoms with Gasteiger partial charge in [-0.1, -0.05) is 42.0 Å². The fourth-order valence-corrected chi connectivity index (χ4v) is 2.94. The van der Waals surface area contributed by atoms with Crippen molar-refractivity contribution in [1.82, 2.24) is 0 Å². The van der Waals surface area contributed by atoms with Crippen molar-refractivity contribution in [3.8, 4) is 5.75 Å². The van der Waals surface area contributed by atoms with Crippen LogP contribution in [0.5, 0.6) is 5.75 Å². The molecule has 0 aliphatic heterocycles. The van der Waals surface area contributed by atoms with Crippen LogP contribution in [0.1, 0.15) is 18.1 Å². The zero-order valence-corrected chi connectivity index (χ0v) is 15.8. The lowest BCUT2D eigenvalue weighted by Crippen LogP contribution is -2.22. The molecule has 0 radical (unpaired) electrons. The Kier molecular flexibility index (Phi) is 8.02. The molecule has 0 aliphatic carbocycles. The predicted octanol–water partition coefficient (Wildman–Crippen LogP) is 3.81. The van der Waals surface area contributed by atoms with E-state index < -0.39 is 11.9 Å². The van der Waals surface area contributed by atoms with E-state index in [2.05, 4.69) is 5.32 Å². The van der Waals surface area contributed by atoms with E-state index in [0.717, 1.165) is 11.3 Å². The number of nitrogens with one attached hydrogen (secondary N) is 1. The molecular weight excluding hydrogens is 350 g/mol. The summed E-state index contributed by atoms with van der Waals surface area (Å²) in [5, 5.41) is 2.69. The highest BCUT2D eigenvalue weighted by molar-refractivity contribution is 7.99. The van der Waals surface area contributed by atoms with Crippen molar-refractivity contribution in [3.63, 3.8) is 0 Å². The largest absolute Gasteiger partial charge is 0.492 e. The van der Waals surface area contributed by atoms with E-state index in [1.807, 2.05) is 44.2 Å². The quantitative estimate of drug-likeness (QED) is 0.677. The number of esters is 1. The number of hydrogen-bond donors (Lipinski definition) is 1. The average Bonchev–Trinajstić information content (AvgIpc) is 2.63. The van der Waals surface area contributed by atoms with Crippen molar-refractivity contribution in [2.75, 3.05) is 24.3 Å². The average molecular weight is 373 g/mol. The van der Waals surface area contributed by atoms with E-state index >= 15 is 0 Å². The number of rotatable bonds is 9. The Bertz CT molecular complexity index is 731. The van der Waals surface area contributed by atoms with Crippen LogP contribution in [0.15, 0.2) is 48.5 Å². The fraction of sp³-hybridized carbons (Fsp3) is 0.300. The topological polar surface area (TPSA) is 64.6 Å². The second-order valence-electron chi connectivity index (χ2n) is 5.62. The van der Waals surface area contributed by atoms with Crippen LogP contribution < -0.4 is 10.1 Å². The third-order valence-electron chi connectivity index (χ3n) is 3.43. The highest BCUT2D eigenvalue weighted by Gasteiger charge is 2.10. The highest BCUT2D eigenvalue weighted by atomic mass is 32.2. The molecule has 6 heteroatoms. The number of amides is 1. The van der Waals surface area contributed by atoms with Crippen molar-refractivity contribution >= 4 is 29.3 Å². The Balaban J connectivity index is 1.70. The number of hydrogen-bond acceptors (Lipinski definition) is 5. The van der Waals surface area contributed by atoms with E-state index in [1.165, 1.54) is 17.3 Å². The molecule has 0 fully saturated rings. The lowest BCUT2D eigenvalue weighted by molar-refractivity contribution is -0.144. The van der Waals surface area contributed by atoms with Gasteiger partial charge in [-0.05, 0) is 31.5 Å². The number of benzene rings is 2. The zero-order chi connectivity index (χ0) is 18.8. The monoisotopic (exact) mass is 373 g/mol. The molecule has 0 spiro atoms. The van der Waals surface area contributed by atoms with Crippen LogP contribution in [0.4, 0.5) is 5.69 Å². The molecule has 2 aromatic carbocycles. The number of carbonyl (C=O) groups is 2. The molecule has 0 atom stereocenters. The summed E-state index contributed by atoms with van der Waals surface area (Å²) in [4.78, 5) is 23.7. The number of ether oxygens (including phenoxy) is 2. The second-order valence-corrected chi connectivity index (χ2v) is 6.60. The van der Waals surface area contributed by atoms with E-state index in [-0.39, 0.29) is 12.4 Å². The summed E-state index contributed by atoms with van der Waals surface area (Å²) in [7, 11) is 0. The minimum atomic E-state index is -0.407. The highest BCUT2D eigenvalue weighted by Crippen LogP contribution is 2.23. The van der Waals surface area contributed by atoms with Crippen LogP contribution in [0.25, 0.3) is 0 Å². The minimum absolute atomic E-state index is 0.205. The van der Waals surface area contributed by atoms with Gasteiger partial charge in [0.1, 0.15) is 5.75 Å². The smallest absolute Gasteiger partial charge is 0.316 e. The van der Waals surface area contributed by atoms with Gasteiger partial charge in [0.2, 0.25) is 0 Å². The van der Waals surface area contributed by atoms with E-state index in [4.69, 9.17) is 9.47 Å². The van der Waals surface area contributed by atoms with Crippen LogP contribution in [0.3, 0.4) is 0 Å². The lowest BCUT2D eigenvalue weighted by Gasteiger charge is -2.11. The molecule has 26 heavy (non-hydrogen) atoms. The van der Waals surface area contributed by atoms with Crippen LogP contribution in [-0.4, -0.2) is 30.8 Å². The first kappa shape index (κ1) is 19.8. The number of para-hydroxylation sites is 2. The summed E-state index contributed by atoms with van der Waals surface area (Å²) in [6.07, 6.45) is 0. The van der Waals surface area contributed by atoms with E-state index in [9.17, 15) is 9.59 Å². The fourth-order valence-electron chi connectivity index (χ4n) is 2.16. The van der Waals surface area contributed by atoms with Crippen molar-refractivity contribution in [2.24, 2.45) is 0 Å². The van der Waals surface area contributed by atoms with Crippen LogP contribution in [0, 0.1) is 6.92 Å². The van der Waals surface area contributed by atoms with Gasteiger partial charge < -0.3 is 14.8 Å². The normalized spacial score (nSPS) is 10.2. The summed E-state index contributed by atoms with van der Waals surface area (Å²) in [5.74, 6) is 0.715. The molecule has 138 valence electrons. The van der Waals surface area contributed by atoms with E-state index in [1.54, 1.807) is 18.2 Å². The van der Waals surface area contributed by atoms with Gasteiger partial charge in [0.15, 0.2) is 6.61 Å². The van der Waals surface area contributed by atoms with Gasteiger partial charge in [0.25, 0.3) is 5.91 Å². The molecular formula is C20H23NO4S. The Labute approximate surface area is 158 Å². The van der Waals surface area contributed by atoms with Crippen molar-refractivity contribution in [3.05, 3.63) is 59.7 Å². The molecule has 0 unspecified atom stereocenters. The molecule has 0 aliphatic rings. The summed E-state index contributed by atoms with van der Waals surface area (Å²) in [6.45, 7) is 4.09. The van der Waals surface area contributed by atoms with Gasteiger partial charge in [0.05, 0.1) is 18.0 Å². The summed E-state index contributed by atoms with van der Waals surface area (Å²) >= 11 is 1.46. The van der Waals surface area contributed by atoms with Gasteiger partial charge >= 0.3 is 5.97 Å². The van der Waals surface area contributed by atoms with Crippen molar-refractivity contribution in [1.29, 1.82) is 0 Å². The summed E-state index contributed by atoms with van der Waals surface area (Å²) in [6, 6.07) is 15.3. The first-order valence-electron chi connectivity index (χ1n) is 8.39. The Morgan fingerprint density at radius 3 is 2.54 bits per heavy atom. The second kappa shape index (κ2) is 10.5. The maximum atomic E-state index is 11.9. The number of aryl methyl sites for hydroxylation is 1. The van der Waals surface area contributed by atoms with Crippen LogP contribution >= 0.6 is 11.8 Å². The van der Waals surface area contributed by atoms with Gasteiger partial charge in [-0.15, -0.1) is 11.8 Å². The first-order chi connectivity index (χ1) is 12.6. The molecule has 2 rings (SSSR count). The maximum absolute atomic E-state index is 11.9. The van der Waals surface area contributed by atoms with Gasteiger partial charge in [-0.2, -0.15) is 0 Å². The molecule has 0 saturated carbocycles. The zero-order valence-electron chi connectivity index (χ0n) is 15.0.